The summed E-state index contributed by atoms with van der Waals surface area (Å²) in [6, 6.07) is 0. The van der Waals surface area contributed by atoms with Gasteiger partial charge in [0.2, 0.25) is 0 Å². The molecule has 0 aliphatic heterocycles. The number of rotatable bonds is 6. The minimum atomic E-state index is 0.651. The van der Waals surface area contributed by atoms with Crippen LogP contribution in [0.1, 0.15) is 13.8 Å². The molecule has 3 heteroatoms. The van der Waals surface area contributed by atoms with E-state index < -0.39 is 0 Å². The van der Waals surface area contributed by atoms with Crippen LogP contribution in [0.2, 0.25) is 0 Å². The van der Waals surface area contributed by atoms with Crippen molar-refractivity contribution in [3.63, 3.8) is 0 Å². The lowest BCUT2D eigenvalue weighted by Crippen LogP contribution is -2.26. The van der Waals surface area contributed by atoms with Crippen LogP contribution >= 0.6 is 0 Å². The summed E-state index contributed by atoms with van der Waals surface area (Å²) in [6.07, 6.45) is 0. The van der Waals surface area contributed by atoms with Gasteiger partial charge in [0.1, 0.15) is 0 Å². The van der Waals surface area contributed by atoms with Crippen molar-refractivity contribution >= 4 is 0 Å². The quantitative estimate of drug-likeness (QED) is 0.316. The third kappa shape index (κ3) is 4.73. The zero-order valence-corrected chi connectivity index (χ0v) is 7.09. The molecule has 0 radical (unpaired) electrons. The van der Waals surface area contributed by atoms with E-state index in [9.17, 15) is 0 Å². The van der Waals surface area contributed by atoms with E-state index in [0.717, 1.165) is 19.6 Å². The van der Waals surface area contributed by atoms with E-state index in [4.69, 9.17) is 4.89 Å². The smallest absolute Gasteiger partial charge is 0.0949 e. The first-order valence-electron chi connectivity index (χ1n) is 3.73. The van der Waals surface area contributed by atoms with Gasteiger partial charge in [0.15, 0.2) is 0 Å². The first-order valence-corrected chi connectivity index (χ1v) is 3.73. The molecule has 0 aromatic rings. The van der Waals surface area contributed by atoms with E-state index in [-0.39, 0.29) is 0 Å². The molecule has 0 rings (SSSR count). The molecule has 0 heterocycles. The summed E-state index contributed by atoms with van der Waals surface area (Å²) >= 11 is 0. The molecule has 0 aromatic carbocycles. The molecule has 0 bridgehead atoms. The second kappa shape index (κ2) is 6.99. The van der Waals surface area contributed by atoms with Gasteiger partial charge in [-0.25, -0.2) is 9.78 Å². The van der Waals surface area contributed by atoms with E-state index >= 15 is 0 Å². The molecule has 0 amide bonds. The Morgan fingerprint density at radius 2 is 1.80 bits per heavy atom. The van der Waals surface area contributed by atoms with Crippen LogP contribution in [0, 0.1) is 0 Å². The topological polar surface area (TPSA) is 21.7 Å². The van der Waals surface area contributed by atoms with Crippen molar-refractivity contribution < 1.29 is 9.78 Å². The minimum absolute atomic E-state index is 0.651. The summed E-state index contributed by atoms with van der Waals surface area (Å²) in [6.45, 7) is 8.01. The SMILES string of the molecule is CCN(CC)CCOOC. The van der Waals surface area contributed by atoms with Gasteiger partial charge in [-0.1, -0.05) is 13.8 Å². The summed E-state index contributed by atoms with van der Waals surface area (Å²) in [4.78, 5) is 11.5. The van der Waals surface area contributed by atoms with Gasteiger partial charge in [0.05, 0.1) is 13.7 Å². The molecule has 0 fully saturated rings. The molecule has 0 saturated heterocycles. The molecule has 0 unspecified atom stereocenters. The molecule has 0 aromatic heterocycles. The number of likely N-dealkylation sites (N-methyl/N-ethyl adjacent to an activating group) is 1. The summed E-state index contributed by atoms with van der Waals surface area (Å²) in [5, 5.41) is 0. The van der Waals surface area contributed by atoms with Gasteiger partial charge in [0, 0.05) is 6.54 Å². The van der Waals surface area contributed by atoms with Crippen LogP contribution in [-0.2, 0) is 9.78 Å². The average molecular weight is 147 g/mol. The lowest BCUT2D eigenvalue weighted by Gasteiger charge is -2.16. The van der Waals surface area contributed by atoms with Gasteiger partial charge < -0.3 is 4.90 Å². The highest BCUT2D eigenvalue weighted by Gasteiger charge is 1.96. The highest BCUT2D eigenvalue weighted by atomic mass is 17.2. The third-order valence-electron chi connectivity index (χ3n) is 1.50. The Balaban J connectivity index is 3.09. The molecule has 62 valence electrons. The lowest BCUT2D eigenvalue weighted by molar-refractivity contribution is -0.273. The second-order valence-corrected chi connectivity index (χ2v) is 2.02. The maximum Gasteiger partial charge on any atom is 0.0949 e. The van der Waals surface area contributed by atoms with Crippen molar-refractivity contribution in [2.24, 2.45) is 0 Å². The maximum absolute atomic E-state index is 4.73. The molecule has 0 aliphatic carbocycles. The fraction of sp³-hybridized carbons (Fsp3) is 1.00. The standard InChI is InChI=1S/C7H17NO2/c1-4-8(5-2)6-7-10-9-3/h4-7H2,1-3H3. The fourth-order valence-corrected chi connectivity index (χ4v) is 0.790. The van der Waals surface area contributed by atoms with Crippen molar-refractivity contribution in [3.8, 4) is 0 Å². The Morgan fingerprint density at radius 1 is 1.20 bits per heavy atom. The molecule has 10 heavy (non-hydrogen) atoms. The van der Waals surface area contributed by atoms with Crippen molar-refractivity contribution in [3.05, 3.63) is 0 Å². The average Bonchev–Trinajstić information content (AvgIpc) is 1.99. The largest absolute Gasteiger partial charge is 0.301 e. The summed E-state index contributed by atoms with van der Waals surface area (Å²) in [5.74, 6) is 0. The van der Waals surface area contributed by atoms with E-state index in [1.165, 1.54) is 7.11 Å². The van der Waals surface area contributed by atoms with Gasteiger partial charge in [-0.05, 0) is 13.1 Å². The maximum atomic E-state index is 4.73. The van der Waals surface area contributed by atoms with Gasteiger partial charge in [-0.2, -0.15) is 0 Å². The Labute approximate surface area is 62.8 Å². The molecule has 3 nitrogen and oxygen atoms in total. The Morgan fingerprint density at radius 3 is 2.20 bits per heavy atom. The van der Waals surface area contributed by atoms with Crippen LogP contribution in [0.25, 0.3) is 0 Å². The summed E-state index contributed by atoms with van der Waals surface area (Å²) < 4.78 is 0. The Hall–Kier alpha value is -0.120. The van der Waals surface area contributed by atoms with Crippen LogP contribution in [0.4, 0.5) is 0 Å². The van der Waals surface area contributed by atoms with Gasteiger partial charge in [-0.3, -0.25) is 0 Å². The van der Waals surface area contributed by atoms with E-state index in [0.29, 0.717) is 6.61 Å². The van der Waals surface area contributed by atoms with Crippen molar-refractivity contribution in [1.82, 2.24) is 4.90 Å². The molecule has 0 saturated carbocycles. The highest BCUT2D eigenvalue weighted by molar-refractivity contribution is 4.48. The zero-order chi connectivity index (χ0) is 7.82. The molecule has 0 atom stereocenters. The monoisotopic (exact) mass is 147 g/mol. The van der Waals surface area contributed by atoms with E-state index in [2.05, 4.69) is 23.6 Å². The number of nitrogens with zero attached hydrogens (tertiary/aromatic N) is 1. The number of hydrogen-bond donors (Lipinski definition) is 0. The molecule has 0 spiro atoms. The van der Waals surface area contributed by atoms with Crippen LogP contribution in [0.3, 0.4) is 0 Å². The highest BCUT2D eigenvalue weighted by Crippen LogP contribution is 1.86. The molecular weight excluding hydrogens is 130 g/mol. The normalized spacial score (nSPS) is 10.8. The Kier molecular flexibility index (Phi) is 6.91. The predicted molar refractivity (Wildman–Crippen MR) is 40.7 cm³/mol. The minimum Gasteiger partial charge on any atom is -0.301 e. The zero-order valence-electron chi connectivity index (χ0n) is 7.09. The first-order chi connectivity index (χ1) is 4.85. The third-order valence-corrected chi connectivity index (χ3v) is 1.50. The van der Waals surface area contributed by atoms with E-state index in [1.54, 1.807) is 0 Å². The predicted octanol–water partition coefficient (Wildman–Crippen LogP) is 0.906. The van der Waals surface area contributed by atoms with Crippen LogP contribution in [0.15, 0.2) is 0 Å². The number of hydrogen-bond acceptors (Lipinski definition) is 3. The van der Waals surface area contributed by atoms with Gasteiger partial charge in [-0.15, -0.1) is 0 Å². The molecule has 0 aliphatic rings. The van der Waals surface area contributed by atoms with Crippen LogP contribution < -0.4 is 0 Å². The fourth-order valence-electron chi connectivity index (χ4n) is 0.790. The first kappa shape index (κ1) is 9.88. The van der Waals surface area contributed by atoms with Crippen molar-refractivity contribution in [2.45, 2.75) is 13.8 Å². The molecular formula is C7H17NO2. The van der Waals surface area contributed by atoms with Crippen molar-refractivity contribution in [1.29, 1.82) is 0 Å². The summed E-state index contributed by atoms with van der Waals surface area (Å²) in [5.41, 5.74) is 0. The van der Waals surface area contributed by atoms with Gasteiger partial charge >= 0.3 is 0 Å². The van der Waals surface area contributed by atoms with Gasteiger partial charge in [0.25, 0.3) is 0 Å². The van der Waals surface area contributed by atoms with Crippen molar-refractivity contribution in [2.75, 3.05) is 33.4 Å². The van der Waals surface area contributed by atoms with Crippen LogP contribution in [-0.4, -0.2) is 38.3 Å². The Bertz CT molecular complexity index is 64.6. The van der Waals surface area contributed by atoms with Crippen LogP contribution in [0.5, 0.6) is 0 Å². The lowest BCUT2D eigenvalue weighted by atomic mass is 10.5. The molecule has 0 N–H and O–H groups in total. The second-order valence-electron chi connectivity index (χ2n) is 2.02. The summed E-state index contributed by atoms with van der Waals surface area (Å²) in [7, 11) is 1.53. The van der Waals surface area contributed by atoms with E-state index in [1.807, 2.05) is 0 Å².